The quantitative estimate of drug-likeness (QED) is 0.747. The molecule has 122 valence electrons. The smallest absolute Gasteiger partial charge is 0.328 e. The number of hydrogen-bond acceptors (Lipinski definition) is 5. The monoisotopic (exact) mass is 326 g/mol. The van der Waals surface area contributed by atoms with Gasteiger partial charge in [-0.05, 0) is 30.7 Å². The van der Waals surface area contributed by atoms with Gasteiger partial charge in [0.2, 0.25) is 0 Å². The Hall–Kier alpha value is -3.42. The number of carbonyl (C=O) groups excluding carboxylic acids is 1. The number of nitrogens with one attached hydrogen (secondary N) is 2. The zero-order valence-electron chi connectivity index (χ0n) is 12.8. The Morgan fingerprint density at radius 3 is 2.83 bits per heavy atom. The molecular weight excluding hydrogens is 312 g/mol. The highest BCUT2D eigenvalue weighted by atomic mass is 16.3. The zero-order chi connectivity index (χ0) is 17.1. The van der Waals surface area contributed by atoms with Crippen molar-refractivity contribution in [2.45, 2.75) is 13.5 Å². The Bertz CT molecular complexity index is 969. The molecule has 2 N–H and O–H groups in total. The van der Waals surface area contributed by atoms with Crippen LogP contribution in [0.15, 0.2) is 56.9 Å². The van der Waals surface area contributed by atoms with E-state index in [1.165, 1.54) is 6.26 Å². The molecule has 0 spiro atoms. The molecule has 8 nitrogen and oxygen atoms in total. The normalized spacial score (nSPS) is 10.5. The molecule has 0 atom stereocenters. The van der Waals surface area contributed by atoms with Crippen LogP contribution in [0.1, 0.15) is 21.7 Å². The Kier molecular flexibility index (Phi) is 4.11. The Morgan fingerprint density at radius 2 is 2.17 bits per heavy atom. The van der Waals surface area contributed by atoms with E-state index in [0.29, 0.717) is 11.6 Å². The van der Waals surface area contributed by atoms with Crippen molar-refractivity contribution < 1.29 is 9.21 Å². The van der Waals surface area contributed by atoms with E-state index >= 15 is 0 Å². The minimum Gasteiger partial charge on any atom is -0.467 e. The van der Waals surface area contributed by atoms with Crippen LogP contribution < -0.4 is 16.6 Å². The number of anilines is 1. The van der Waals surface area contributed by atoms with E-state index in [1.807, 2.05) is 6.92 Å². The molecule has 3 aromatic heterocycles. The maximum absolute atomic E-state index is 12.4. The summed E-state index contributed by atoms with van der Waals surface area (Å²) in [5, 5.41) is 2.52. The fraction of sp³-hybridized carbons (Fsp3) is 0.125. The first-order valence-electron chi connectivity index (χ1n) is 7.13. The van der Waals surface area contributed by atoms with Gasteiger partial charge in [-0.25, -0.2) is 9.78 Å². The summed E-state index contributed by atoms with van der Waals surface area (Å²) in [6, 6.07) is 6.69. The second kappa shape index (κ2) is 6.37. The summed E-state index contributed by atoms with van der Waals surface area (Å²) in [5.41, 5.74) is -0.581. The van der Waals surface area contributed by atoms with E-state index in [-0.39, 0.29) is 12.1 Å². The number of aromatic amines is 1. The van der Waals surface area contributed by atoms with Gasteiger partial charge in [-0.15, -0.1) is 0 Å². The van der Waals surface area contributed by atoms with Gasteiger partial charge in [0.05, 0.1) is 12.8 Å². The second-order valence-electron chi connectivity index (χ2n) is 5.15. The van der Waals surface area contributed by atoms with Crippen molar-refractivity contribution in [1.82, 2.24) is 14.5 Å². The average Bonchev–Trinajstić information content (AvgIpc) is 3.06. The number of furan rings is 1. The van der Waals surface area contributed by atoms with Crippen molar-refractivity contribution >= 4 is 11.7 Å². The molecule has 0 aliphatic heterocycles. The van der Waals surface area contributed by atoms with Crippen LogP contribution in [0.3, 0.4) is 0 Å². The Morgan fingerprint density at radius 1 is 1.33 bits per heavy atom. The van der Waals surface area contributed by atoms with Crippen LogP contribution >= 0.6 is 0 Å². The molecule has 0 aromatic carbocycles. The van der Waals surface area contributed by atoms with Gasteiger partial charge >= 0.3 is 5.69 Å². The first kappa shape index (κ1) is 15.5. The van der Waals surface area contributed by atoms with Crippen LogP contribution in [-0.4, -0.2) is 20.4 Å². The molecule has 0 radical (unpaired) electrons. The number of nitrogens with zero attached hydrogens (tertiary/aromatic N) is 2. The number of H-pyrrole nitrogens is 1. The van der Waals surface area contributed by atoms with Gasteiger partial charge in [-0.1, -0.05) is 6.07 Å². The van der Waals surface area contributed by atoms with Crippen LogP contribution in [-0.2, 0) is 6.54 Å². The topological polar surface area (TPSA) is 110 Å². The Labute approximate surface area is 135 Å². The van der Waals surface area contributed by atoms with Crippen molar-refractivity contribution in [3.63, 3.8) is 0 Å². The molecule has 3 rings (SSSR count). The van der Waals surface area contributed by atoms with Gasteiger partial charge in [0.25, 0.3) is 11.5 Å². The van der Waals surface area contributed by atoms with Crippen molar-refractivity contribution in [3.8, 4) is 0 Å². The van der Waals surface area contributed by atoms with Crippen LogP contribution in [0.4, 0.5) is 5.82 Å². The van der Waals surface area contributed by atoms with Crippen molar-refractivity contribution in [3.05, 3.63) is 80.6 Å². The summed E-state index contributed by atoms with van der Waals surface area (Å²) in [6.07, 6.45) is 4.12. The first-order valence-corrected chi connectivity index (χ1v) is 7.13. The second-order valence-corrected chi connectivity index (χ2v) is 5.15. The lowest BCUT2D eigenvalue weighted by Crippen LogP contribution is -2.39. The maximum Gasteiger partial charge on any atom is 0.328 e. The third-order valence-electron chi connectivity index (χ3n) is 3.35. The maximum atomic E-state index is 12.4. The first-order chi connectivity index (χ1) is 11.5. The summed E-state index contributed by atoms with van der Waals surface area (Å²) in [5.74, 6) is 0.0925. The lowest BCUT2D eigenvalue weighted by atomic mass is 10.3. The van der Waals surface area contributed by atoms with E-state index in [0.717, 1.165) is 16.3 Å². The molecule has 1 amide bonds. The predicted octanol–water partition coefficient (Wildman–Crippen LogP) is 1.13. The van der Waals surface area contributed by atoms with Gasteiger partial charge in [0, 0.05) is 12.4 Å². The molecule has 0 saturated carbocycles. The van der Waals surface area contributed by atoms with Crippen LogP contribution in [0.5, 0.6) is 0 Å². The molecule has 3 heterocycles. The predicted molar refractivity (Wildman–Crippen MR) is 86.1 cm³/mol. The van der Waals surface area contributed by atoms with Gasteiger partial charge in [-0.2, -0.15) is 0 Å². The molecule has 0 unspecified atom stereocenters. The lowest BCUT2D eigenvalue weighted by Gasteiger charge is -2.07. The van der Waals surface area contributed by atoms with E-state index in [1.54, 1.807) is 30.5 Å². The van der Waals surface area contributed by atoms with E-state index in [2.05, 4.69) is 15.3 Å². The molecule has 0 aliphatic carbocycles. The van der Waals surface area contributed by atoms with Crippen molar-refractivity contribution in [1.29, 1.82) is 0 Å². The standard InChI is InChI=1S/C16H14N4O4/c1-10-4-5-13(17-7-10)19-14(21)12-8-18-16(23)20(15(12)22)9-11-3-2-6-24-11/h2-8H,9H2,1H3,(H,18,23)(H,17,19,21). The number of aryl methyl sites for hydroxylation is 1. The largest absolute Gasteiger partial charge is 0.467 e. The molecule has 0 aliphatic rings. The highest BCUT2D eigenvalue weighted by Crippen LogP contribution is 2.05. The summed E-state index contributed by atoms with van der Waals surface area (Å²) in [4.78, 5) is 43.0. The molecule has 8 heteroatoms. The summed E-state index contributed by atoms with van der Waals surface area (Å²) >= 11 is 0. The van der Waals surface area contributed by atoms with Crippen molar-refractivity contribution in [2.75, 3.05) is 5.32 Å². The third kappa shape index (κ3) is 3.17. The van der Waals surface area contributed by atoms with E-state index in [4.69, 9.17) is 4.42 Å². The van der Waals surface area contributed by atoms with Gasteiger partial charge in [-0.3, -0.25) is 14.2 Å². The number of aromatic nitrogens is 3. The fourth-order valence-corrected chi connectivity index (χ4v) is 2.10. The molecular formula is C16H14N4O4. The average molecular weight is 326 g/mol. The van der Waals surface area contributed by atoms with Crippen LogP contribution in [0, 0.1) is 6.92 Å². The number of rotatable bonds is 4. The number of hydrogen-bond donors (Lipinski definition) is 2. The number of amides is 1. The van der Waals surface area contributed by atoms with Gasteiger partial charge < -0.3 is 14.7 Å². The lowest BCUT2D eigenvalue weighted by molar-refractivity contribution is 0.102. The van der Waals surface area contributed by atoms with Gasteiger partial charge in [0.1, 0.15) is 17.1 Å². The number of pyridine rings is 1. The van der Waals surface area contributed by atoms with E-state index < -0.39 is 17.2 Å². The SMILES string of the molecule is Cc1ccc(NC(=O)c2c[nH]c(=O)n(Cc3ccco3)c2=O)nc1. The highest BCUT2D eigenvalue weighted by Gasteiger charge is 2.16. The van der Waals surface area contributed by atoms with E-state index in [9.17, 15) is 14.4 Å². The summed E-state index contributed by atoms with van der Waals surface area (Å²) in [6.45, 7) is 1.80. The molecule has 3 aromatic rings. The van der Waals surface area contributed by atoms with Crippen LogP contribution in [0.25, 0.3) is 0 Å². The summed E-state index contributed by atoms with van der Waals surface area (Å²) in [7, 11) is 0. The fourth-order valence-electron chi connectivity index (χ4n) is 2.10. The molecule has 24 heavy (non-hydrogen) atoms. The minimum atomic E-state index is -0.709. The number of carbonyl (C=O) groups is 1. The Balaban J connectivity index is 1.90. The molecule has 0 fully saturated rings. The van der Waals surface area contributed by atoms with Crippen molar-refractivity contribution in [2.24, 2.45) is 0 Å². The van der Waals surface area contributed by atoms with Crippen LogP contribution in [0.2, 0.25) is 0 Å². The molecule has 0 bridgehead atoms. The highest BCUT2D eigenvalue weighted by molar-refractivity contribution is 6.03. The minimum absolute atomic E-state index is 0.0644. The third-order valence-corrected chi connectivity index (χ3v) is 3.35. The summed E-state index contributed by atoms with van der Waals surface area (Å²) < 4.78 is 6.03. The molecule has 0 saturated heterocycles. The van der Waals surface area contributed by atoms with Gasteiger partial charge in [0.15, 0.2) is 0 Å². The zero-order valence-corrected chi connectivity index (χ0v) is 12.8.